The van der Waals surface area contributed by atoms with E-state index in [1.165, 1.54) is 12.8 Å². The van der Waals surface area contributed by atoms with Crippen molar-refractivity contribution in [2.75, 3.05) is 13.7 Å². The molecular formula is C16H30O3. The van der Waals surface area contributed by atoms with E-state index < -0.39 is 5.60 Å². The van der Waals surface area contributed by atoms with Crippen LogP contribution in [0.15, 0.2) is 0 Å². The molecule has 3 nitrogen and oxygen atoms in total. The topological polar surface area (TPSA) is 35.5 Å². The first-order chi connectivity index (χ1) is 8.96. The first kappa shape index (κ1) is 16.6. The van der Waals surface area contributed by atoms with Crippen molar-refractivity contribution < 1.29 is 14.3 Å². The van der Waals surface area contributed by atoms with Gasteiger partial charge in [0.25, 0.3) is 0 Å². The Morgan fingerprint density at radius 2 is 1.74 bits per heavy atom. The third-order valence-corrected chi connectivity index (χ3v) is 4.35. The summed E-state index contributed by atoms with van der Waals surface area (Å²) < 4.78 is 11.3. The quantitative estimate of drug-likeness (QED) is 0.658. The Hall–Kier alpha value is -0.410. The molecule has 0 unspecified atom stereocenters. The summed E-state index contributed by atoms with van der Waals surface area (Å²) in [6.07, 6.45) is 7.79. The predicted molar refractivity (Wildman–Crippen MR) is 77.4 cm³/mol. The van der Waals surface area contributed by atoms with Crippen LogP contribution in [0, 0.1) is 0 Å². The van der Waals surface area contributed by atoms with Crippen LogP contribution < -0.4 is 0 Å². The van der Waals surface area contributed by atoms with Crippen molar-refractivity contribution in [1.29, 1.82) is 0 Å². The number of ketones is 1. The number of hydrogen-bond donors (Lipinski definition) is 0. The zero-order valence-corrected chi connectivity index (χ0v) is 13.1. The fourth-order valence-corrected chi connectivity index (χ4v) is 2.82. The molecule has 0 spiro atoms. The molecule has 0 aromatic rings. The Morgan fingerprint density at radius 3 is 2.21 bits per heavy atom. The molecule has 0 saturated heterocycles. The Morgan fingerprint density at radius 1 is 1.16 bits per heavy atom. The molecule has 1 saturated carbocycles. The molecule has 0 bridgehead atoms. The number of ether oxygens (including phenoxy) is 2. The van der Waals surface area contributed by atoms with Gasteiger partial charge in [0.15, 0.2) is 5.78 Å². The van der Waals surface area contributed by atoms with Gasteiger partial charge in [-0.1, -0.05) is 25.7 Å². The maximum atomic E-state index is 12.6. The van der Waals surface area contributed by atoms with Crippen molar-refractivity contribution in [3.8, 4) is 0 Å². The number of carbonyl (C=O) groups is 1. The molecule has 0 aromatic carbocycles. The maximum absolute atomic E-state index is 12.6. The van der Waals surface area contributed by atoms with Crippen LogP contribution in [0.2, 0.25) is 0 Å². The van der Waals surface area contributed by atoms with Gasteiger partial charge in [0.1, 0.15) is 5.60 Å². The van der Waals surface area contributed by atoms with E-state index in [1.807, 2.05) is 20.8 Å². The van der Waals surface area contributed by atoms with Crippen LogP contribution in [-0.4, -0.2) is 30.7 Å². The minimum Gasteiger partial charge on any atom is -0.379 e. The lowest BCUT2D eigenvalue weighted by molar-refractivity contribution is -0.147. The number of rotatable bonds is 7. The van der Waals surface area contributed by atoms with Gasteiger partial charge in [-0.3, -0.25) is 4.79 Å². The average molecular weight is 270 g/mol. The molecule has 0 radical (unpaired) electrons. The van der Waals surface area contributed by atoms with E-state index in [-0.39, 0.29) is 11.4 Å². The van der Waals surface area contributed by atoms with Crippen molar-refractivity contribution in [2.24, 2.45) is 0 Å². The summed E-state index contributed by atoms with van der Waals surface area (Å²) in [5, 5.41) is 0. The minimum absolute atomic E-state index is 0.228. The van der Waals surface area contributed by atoms with E-state index >= 15 is 0 Å². The summed E-state index contributed by atoms with van der Waals surface area (Å²) in [7, 11) is 1.70. The second kappa shape index (κ2) is 7.39. The fourth-order valence-electron chi connectivity index (χ4n) is 2.82. The van der Waals surface area contributed by atoms with Crippen molar-refractivity contribution in [2.45, 2.75) is 83.3 Å². The summed E-state index contributed by atoms with van der Waals surface area (Å²) in [5.41, 5.74) is -0.733. The van der Waals surface area contributed by atoms with Gasteiger partial charge in [-0.25, -0.2) is 0 Å². The highest BCUT2D eigenvalue weighted by molar-refractivity contribution is 5.87. The first-order valence-corrected chi connectivity index (χ1v) is 7.68. The van der Waals surface area contributed by atoms with E-state index in [0.717, 1.165) is 32.1 Å². The van der Waals surface area contributed by atoms with Crippen molar-refractivity contribution in [3.63, 3.8) is 0 Å². The van der Waals surface area contributed by atoms with Crippen LogP contribution in [0.25, 0.3) is 0 Å². The maximum Gasteiger partial charge on any atom is 0.164 e. The average Bonchev–Trinajstić information content (AvgIpc) is 2.63. The van der Waals surface area contributed by atoms with Gasteiger partial charge in [0.05, 0.1) is 5.60 Å². The predicted octanol–water partition coefficient (Wildman–Crippen LogP) is 3.89. The molecule has 0 aliphatic heterocycles. The normalized spacial score (nSPS) is 20.0. The van der Waals surface area contributed by atoms with Gasteiger partial charge in [-0.2, -0.15) is 0 Å². The Kier molecular flexibility index (Phi) is 6.48. The molecule has 19 heavy (non-hydrogen) atoms. The lowest BCUT2D eigenvalue weighted by Gasteiger charge is -2.32. The number of hydrogen-bond acceptors (Lipinski definition) is 3. The summed E-state index contributed by atoms with van der Waals surface area (Å²) >= 11 is 0. The van der Waals surface area contributed by atoms with Gasteiger partial charge in [-0.15, -0.1) is 0 Å². The Balaban J connectivity index is 2.66. The second-order valence-corrected chi connectivity index (χ2v) is 6.23. The van der Waals surface area contributed by atoms with Gasteiger partial charge >= 0.3 is 0 Å². The van der Waals surface area contributed by atoms with E-state index in [9.17, 15) is 4.79 Å². The van der Waals surface area contributed by atoms with Crippen molar-refractivity contribution in [3.05, 3.63) is 0 Å². The molecule has 3 heteroatoms. The highest BCUT2D eigenvalue weighted by Gasteiger charge is 2.39. The summed E-state index contributed by atoms with van der Waals surface area (Å²) in [6.45, 7) is 6.67. The van der Waals surface area contributed by atoms with Crippen LogP contribution in [0.3, 0.4) is 0 Å². The van der Waals surface area contributed by atoms with E-state index in [0.29, 0.717) is 13.0 Å². The van der Waals surface area contributed by atoms with E-state index in [1.54, 1.807) is 7.11 Å². The molecular weight excluding hydrogens is 240 g/mol. The van der Waals surface area contributed by atoms with Crippen LogP contribution in [0.5, 0.6) is 0 Å². The smallest absolute Gasteiger partial charge is 0.164 e. The minimum atomic E-state index is -0.505. The Bertz CT molecular complexity index is 276. The molecule has 0 heterocycles. The standard InChI is InChI=1S/C16H30O3/c1-5-19-16(11-8-6-7-9-12-16)14(17)10-13-15(2,3)18-4/h5-13H2,1-4H3. The third-order valence-electron chi connectivity index (χ3n) is 4.35. The summed E-state index contributed by atoms with van der Waals surface area (Å²) in [5.74, 6) is 0.279. The number of methoxy groups -OCH3 is 1. The lowest BCUT2D eigenvalue weighted by Crippen LogP contribution is -2.42. The molecule has 1 fully saturated rings. The molecule has 0 aromatic heterocycles. The number of Topliss-reactive ketones (excluding diaryl/α,β-unsaturated/α-hetero) is 1. The zero-order chi connectivity index (χ0) is 14.4. The highest BCUT2D eigenvalue weighted by Crippen LogP contribution is 2.33. The molecule has 0 atom stereocenters. The van der Waals surface area contributed by atoms with Crippen LogP contribution in [0.4, 0.5) is 0 Å². The van der Waals surface area contributed by atoms with Gasteiger partial charge in [0.2, 0.25) is 0 Å². The zero-order valence-electron chi connectivity index (χ0n) is 13.1. The monoisotopic (exact) mass is 270 g/mol. The summed E-state index contributed by atoms with van der Waals surface area (Å²) in [6, 6.07) is 0. The van der Waals surface area contributed by atoms with Crippen molar-refractivity contribution in [1.82, 2.24) is 0 Å². The van der Waals surface area contributed by atoms with Crippen LogP contribution >= 0.6 is 0 Å². The second-order valence-electron chi connectivity index (χ2n) is 6.23. The summed E-state index contributed by atoms with van der Waals surface area (Å²) in [4.78, 5) is 12.6. The fraction of sp³-hybridized carbons (Fsp3) is 0.938. The molecule has 0 N–H and O–H groups in total. The third kappa shape index (κ3) is 4.88. The SMILES string of the molecule is CCOC1(C(=O)CCC(C)(C)OC)CCCCCC1. The molecule has 1 rings (SSSR count). The van der Waals surface area contributed by atoms with Gasteiger partial charge in [-0.05, 0) is 40.0 Å². The van der Waals surface area contributed by atoms with Crippen molar-refractivity contribution >= 4 is 5.78 Å². The van der Waals surface area contributed by atoms with Crippen LogP contribution in [-0.2, 0) is 14.3 Å². The lowest BCUT2D eigenvalue weighted by atomic mass is 9.85. The highest BCUT2D eigenvalue weighted by atomic mass is 16.5. The van der Waals surface area contributed by atoms with Crippen LogP contribution in [0.1, 0.15) is 72.1 Å². The van der Waals surface area contributed by atoms with E-state index in [2.05, 4.69) is 0 Å². The molecule has 0 amide bonds. The van der Waals surface area contributed by atoms with E-state index in [4.69, 9.17) is 9.47 Å². The molecule has 112 valence electrons. The van der Waals surface area contributed by atoms with Gasteiger partial charge < -0.3 is 9.47 Å². The van der Waals surface area contributed by atoms with Gasteiger partial charge in [0, 0.05) is 20.1 Å². The first-order valence-electron chi connectivity index (χ1n) is 7.68. The largest absolute Gasteiger partial charge is 0.379 e. The molecule has 1 aliphatic carbocycles. The number of carbonyl (C=O) groups excluding carboxylic acids is 1. The molecule has 1 aliphatic rings. The Labute approximate surface area is 118 Å².